The van der Waals surface area contributed by atoms with Crippen LogP contribution in [0.3, 0.4) is 0 Å². The number of carbonyl (C=O) groups is 1. The van der Waals surface area contributed by atoms with Crippen LogP contribution in [0.15, 0.2) is 36.4 Å². The highest BCUT2D eigenvalue weighted by Crippen LogP contribution is 2.51. The van der Waals surface area contributed by atoms with Crippen molar-refractivity contribution in [1.29, 1.82) is 0 Å². The standard InChI is InChI=1S/C23H22N4O4S2/c1-12-18-21(13-9-10-15(29-2)20(31-4)19(13)30-3)32-11-17(28)25-22(18)27(26-12)23-24-14-7-5-6-8-16(14)33-23/h5-10,21H,11H2,1-4H3,(H,25,28)/t21-/m1/s1. The fourth-order valence-electron chi connectivity index (χ4n) is 4.05. The van der Waals surface area contributed by atoms with Gasteiger partial charge < -0.3 is 19.5 Å². The molecule has 5 rings (SSSR count). The molecule has 1 amide bonds. The number of anilines is 1. The van der Waals surface area contributed by atoms with E-state index in [9.17, 15) is 4.79 Å². The predicted molar refractivity (Wildman–Crippen MR) is 131 cm³/mol. The van der Waals surface area contributed by atoms with E-state index in [0.717, 1.165) is 27.0 Å². The Morgan fingerprint density at radius 1 is 1.06 bits per heavy atom. The highest BCUT2D eigenvalue weighted by molar-refractivity contribution is 8.00. The molecular weight excluding hydrogens is 460 g/mol. The molecular formula is C23H22N4O4S2. The zero-order chi connectivity index (χ0) is 23.1. The van der Waals surface area contributed by atoms with Crippen LogP contribution in [-0.4, -0.2) is 47.8 Å². The Kier molecular flexibility index (Phi) is 5.63. The highest BCUT2D eigenvalue weighted by atomic mass is 32.2. The number of hydrogen-bond acceptors (Lipinski definition) is 8. The number of amides is 1. The van der Waals surface area contributed by atoms with Gasteiger partial charge in [-0.25, -0.2) is 4.98 Å². The minimum absolute atomic E-state index is 0.0922. The summed E-state index contributed by atoms with van der Waals surface area (Å²) in [6.07, 6.45) is 0. The molecule has 1 aliphatic rings. The second kappa shape index (κ2) is 8.60. The minimum atomic E-state index is -0.211. The first-order chi connectivity index (χ1) is 16.0. The van der Waals surface area contributed by atoms with Crippen LogP contribution in [0.5, 0.6) is 17.2 Å². The van der Waals surface area contributed by atoms with Gasteiger partial charge in [0, 0.05) is 11.1 Å². The SMILES string of the molecule is COc1ccc([C@H]2SCC(=O)Nc3c2c(C)nn3-c2nc3ccccc3s2)c(OC)c1OC. The Labute approximate surface area is 198 Å². The fourth-order valence-corrected chi connectivity index (χ4v) is 6.18. The van der Waals surface area contributed by atoms with Crippen molar-refractivity contribution in [2.75, 3.05) is 32.4 Å². The van der Waals surface area contributed by atoms with Crippen LogP contribution in [-0.2, 0) is 4.79 Å². The smallest absolute Gasteiger partial charge is 0.235 e. The second-order valence-corrected chi connectivity index (χ2v) is 9.49. The van der Waals surface area contributed by atoms with Crippen molar-refractivity contribution < 1.29 is 19.0 Å². The average molecular weight is 483 g/mol. The lowest BCUT2D eigenvalue weighted by Crippen LogP contribution is -2.15. The lowest BCUT2D eigenvalue weighted by molar-refractivity contribution is -0.113. The van der Waals surface area contributed by atoms with Gasteiger partial charge in [-0.15, -0.1) is 11.8 Å². The molecule has 0 spiro atoms. The van der Waals surface area contributed by atoms with Crippen molar-refractivity contribution in [3.05, 3.63) is 53.2 Å². The van der Waals surface area contributed by atoms with E-state index in [1.807, 2.05) is 43.3 Å². The van der Waals surface area contributed by atoms with Gasteiger partial charge in [0.15, 0.2) is 11.5 Å². The molecule has 2 aromatic heterocycles. The summed E-state index contributed by atoms with van der Waals surface area (Å²) >= 11 is 3.05. The van der Waals surface area contributed by atoms with Crippen molar-refractivity contribution in [3.8, 4) is 22.4 Å². The zero-order valence-corrected chi connectivity index (χ0v) is 20.2. The molecule has 0 bridgehead atoms. The second-order valence-electron chi connectivity index (χ2n) is 7.39. The molecule has 4 aromatic rings. The van der Waals surface area contributed by atoms with Gasteiger partial charge >= 0.3 is 0 Å². The summed E-state index contributed by atoms with van der Waals surface area (Å²) in [4.78, 5) is 17.4. The summed E-state index contributed by atoms with van der Waals surface area (Å²) < 4.78 is 19.6. The zero-order valence-electron chi connectivity index (χ0n) is 18.5. The molecule has 1 aliphatic heterocycles. The molecule has 0 saturated heterocycles. The summed E-state index contributed by atoms with van der Waals surface area (Å²) in [5.74, 6) is 2.49. The number of aryl methyl sites for hydroxylation is 1. The van der Waals surface area contributed by atoms with Gasteiger partial charge in [0.1, 0.15) is 5.82 Å². The van der Waals surface area contributed by atoms with E-state index >= 15 is 0 Å². The largest absolute Gasteiger partial charge is 0.493 e. The van der Waals surface area contributed by atoms with E-state index in [-0.39, 0.29) is 16.9 Å². The number of thioether (sulfide) groups is 1. The molecule has 170 valence electrons. The summed E-state index contributed by atoms with van der Waals surface area (Å²) in [5.41, 5.74) is 3.49. The van der Waals surface area contributed by atoms with E-state index < -0.39 is 0 Å². The third-order valence-electron chi connectivity index (χ3n) is 5.49. The van der Waals surface area contributed by atoms with Crippen LogP contribution in [0.2, 0.25) is 0 Å². The number of thiazole rings is 1. The van der Waals surface area contributed by atoms with Gasteiger partial charge in [0.2, 0.25) is 16.8 Å². The number of fused-ring (bicyclic) bond motifs is 2. The molecule has 33 heavy (non-hydrogen) atoms. The number of para-hydroxylation sites is 1. The molecule has 10 heteroatoms. The van der Waals surface area contributed by atoms with Gasteiger partial charge in [0.25, 0.3) is 0 Å². The lowest BCUT2D eigenvalue weighted by atomic mass is 10.0. The van der Waals surface area contributed by atoms with E-state index in [4.69, 9.17) is 24.3 Å². The van der Waals surface area contributed by atoms with Crippen molar-refractivity contribution in [1.82, 2.24) is 14.8 Å². The molecule has 8 nitrogen and oxygen atoms in total. The van der Waals surface area contributed by atoms with Gasteiger partial charge in [-0.05, 0) is 31.2 Å². The van der Waals surface area contributed by atoms with Gasteiger partial charge in [-0.3, -0.25) is 4.79 Å². The van der Waals surface area contributed by atoms with E-state index in [2.05, 4.69) is 5.32 Å². The van der Waals surface area contributed by atoms with Crippen LogP contribution in [0.1, 0.15) is 22.1 Å². The number of benzene rings is 2. The first-order valence-corrected chi connectivity index (χ1v) is 12.1. The molecule has 0 aliphatic carbocycles. The van der Waals surface area contributed by atoms with Gasteiger partial charge in [-0.1, -0.05) is 23.5 Å². The third-order valence-corrected chi connectivity index (χ3v) is 7.75. The maximum Gasteiger partial charge on any atom is 0.235 e. The Morgan fingerprint density at radius 2 is 1.85 bits per heavy atom. The number of nitrogens with zero attached hydrogens (tertiary/aromatic N) is 3. The van der Waals surface area contributed by atoms with E-state index in [0.29, 0.717) is 28.2 Å². The van der Waals surface area contributed by atoms with Crippen molar-refractivity contribution in [2.45, 2.75) is 12.2 Å². The Balaban J connectivity index is 1.71. The number of rotatable bonds is 5. The van der Waals surface area contributed by atoms with Gasteiger partial charge in [0.05, 0.1) is 48.2 Å². The number of carbonyl (C=O) groups excluding carboxylic acids is 1. The summed E-state index contributed by atoms with van der Waals surface area (Å²) in [7, 11) is 4.77. The van der Waals surface area contributed by atoms with Crippen LogP contribution in [0.4, 0.5) is 5.82 Å². The van der Waals surface area contributed by atoms with Crippen molar-refractivity contribution in [2.24, 2.45) is 0 Å². The maximum absolute atomic E-state index is 12.7. The number of ether oxygens (including phenoxy) is 3. The third kappa shape index (κ3) is 3.59. The van der Waals surface area contributed by atoms with Gasteiger partial charge in [-0.2, -0.15) is 9.78 Å². The van der Waals surface area contributed by atoms with Crippen molar-refractivity contribution >= 4 is 45.0 Å². The summed E-state index contributed by atoms with van der Waals surface area (Å²) in [5, 5.41) is 8.32. The van der Waals surface area contributed by atoms with E-state index in [1.165, 1.54) is 23.1 Å². The topological polar surface area (TPSA) is 87.5 Å². The van der Waals surface area contributed by atoms with Crippen molar-refractivity contribution in [3.63, 3.8) is 0 Å². The number of nitrogens with one attached hydrogen (secondary N) is 1. The Morgan fingerprint density at radius 3 is 2.58 bits per heavy atom. The molecule has 0 radical (unpaired) electrons. The first kappa shape index (κ1) is 21.6. The van der Waals surface area contributed by atoms with Crippen LogP contribution in [0, 0.1) is 6.92 Å². The predicted octanol–water partition coefficient (Wildman–Crippen LogP) is 4.59. The van der Waals surface area contributed by atoms with Crippen LogP contribution in [0.25, 0.3) is 15.3 Å². The molecule has 0 unspecified atom stereocenters. The Bertz CT molecular complexity index is 1330. The lowest BCUT2D eigenvalue weighted by Gasteiger charge is -2.21. The molecule has 3 heterocycles. The quantitative estimate of drug-likeness (QED) is 0.445. The Hall–Kier alpha value is -3.24. The van der Waals surface area contributed by atoms with E-state index in [1.54, 1.807) is 26.0 Å². The fraction of sp³-hybridized carbons (Fsp3) is 0.261. The molecule has 0 fully saturated rings. The first-order valence-electron chi connectivity index (χ1n) is 10.2. The molecule has 1 atom stereocenters. The normalized spacial score (nSPS) is 15.6. The maximum atomic E-state index is 12.7. The molecule has 0 saturated carbocycles. The summed E-state index contributed by atoms with van der Waals surface area (Å²) in [6.45, 7) is 1.95. The highest BCUT2D eigenvalue weighted by Gasteiger charge is 2.34. The van der Waals surface area contributed by atoms with Crippen LogP contribution >= 0.6 is 23.1 Å². The van der Waals surface area contributed by atoms with Crippen LogP contribution < -0.4 is 19.5 Å². The molecule has 2 aromatic carbocycles. The number of methoxy groups -OCH3 is 3. The summed E-state index contributed by atoms with van der Waals surface area (Å²) in [6, 6.07) is 11.7. The number of aromatic nitrogens is 3. The number of hydrogen-bond donors (Lipinski definition) is 1. The average Bonchev–Trinajstić information content (AvgIpc) is 3.34. The monoisotopic (exact) mass is 482 g/mol. The molecule has 1 N–H and O–H groups in total. The minimum Gasteiger partial charge on any atom is -0.493 e.